The van der Waals surface area contributed by atoms with Gasteiger partial charge in [-0.15, -0.1) is 0 Å². The fourth-order valence-electron chi connectivity index (χ4n) is 2.68. The second kappa shape index (κ2) is 6.84. The van der Waals surface area contributed by atoms with Gasteiger partial charge >= 0.3 is 0 Å². The Balaban J connectivity index is 2.17. The molecule has 0 aliphatic carbocycles. The van der Waals surface area contributed by atoms with Crippen molar-refractivity contribution in [1.29, 1.82) is 0 Å². The van der Waals surface area contributed by atoms with E-state index in [2.05, 4.69) is 11.8 Å². The van der Waals surface area contributed by atoms with Gasteiger partial charge in [0.05, 0.1) is 21.3 Å². The highest BCUT2D eigenvalue weighted by Crippen LogP contribution is 2.35. The summed E-state index contributed by atoms with van der Waals surface area (Å²) in [7, 11) is 5.00. The molecule has 1 saturated heterocycles. The van der Waals surface area contributed by atoms with Crippen molar-refractivity contribution in [3.05, 3.63) is 17.7 Å². The zero-order valence-electron chi connectivity index (χ0n) is 12.9. The van der Waals surface area contributed by atoms with Crippen molar-refractivity contribution in [2.75, 3.05) is 34.4 Å². The molecule has 1 aromatic rings. The summed E-state index contributed by atoms with van der Waals surface area (Å²) in [6.45, 7) is 5.53. The van der Waals surface area contributed by atoms with Crippen molar-refractivity contribution in [3.8, 4) is 17.2 Å². The molecule has 0 atom stereocenters. The standard InChI is InChI=1S/C16H25NO3/c1-12-5-7-17(8-6-12)11-13-9-15(19-3)16(20-4)10-14(13)18-2/h9-10,12H,5-8,11H2,1-4H3. The van der Waals surface area contributed by atoms with Crippen LogP contribution in [0, 0.1) is 5.92 Å². The molecule has 1 aliphatic heterocycles. The molecule has 0 radical (unpaired) electrons. The molecule has 0 saturated carbocycles. The third-order valence-corrected chi connectivity index (χ3v) is 4.06. The van der Waals surface area contributed by atoms with Gasteiger partial charge in [0.2, 0.25) is 0 Å². The summed E-state index contributed by atoms with van der Waals surface area (Å²) >= 11 is 0. The van der Waals surface area contributed by atoms with Crippen LogP contribution >= 0.6 is 0 Å². The number of methoxy groups -OCH3 is 3. The van der Waals surface area contributed by atoms with E-state index in [1.807, 2.05) is 12.1 Å². The van der Waals surface area contributed by atoms with Crippen LogP contribution in [-0.4, -0.2) is 39.3 Å². The van der Waals surface area contributed by atoms with Crippen LogP contribution in [-0.2, 0) is 6.54 Å². The van der Waals surface area contributed by atoms with Gasteiger partial charge in [-0.1, -0.05) is 6.92 Å². The van der Waals surface area contributed by atoms with Crippen molar-refractivity contribution < 1.29 is 14.2 Å². The minimum Gasteiger partial charge on any atom is -0.496 e. The Morgan fingerprint density at radius 3 is 2.05 bits per heavy atom. The number of benzene rings is 1. The van der Waals surface area contributed by atoms with Gasteiger partial charge in [-0.3, -0.25) is 4.90 Å². The number of hydrogen-bond acceptors (Lipinski definition) is 4. The summed E-state index contributed by atoms with van der Waals surface area (Å²) in [5.74, 6) is 3.17. The molecule has 0 bridgehead atoms. The van der Waals surface area contributed by atoms with E-state index in [9.17, 15) is 0 Å². The SMILES string of the molecule is COc1cc(OC)c(OC)cc1CN1CCC(C)CC1. The summed E-state index contributed by atoms with van der Waals surface area (Å²) in [5.41, 5.74) is 1.15. The van der Waals surface area contributed by atoms with Crippen molar-refractivity contribution in [1.82, 2.24) is 4.90 Å². The maximum Gasteiger partial charge on any atom is 0.164 e. The minimum absolute atomic E-state index is 0.709. The lowest BCUT2D eigenvalue weighted by Gasteiger charge is -2.30. The predicted molar refractivity (Wildman–Crippen MR) is 79.8 cm³/mol. The molecule has 0 amide bonds. The Kier molecular flexibility index (Phi) is 5.12. The third kappa shape index (κ3) is 3.37. The Labute approximate surface area is 121 Å². The topological polar surface area (TPSA) is 30.9 Å². The van der Waals surface area contributed by atoms with Crippen LogP contribution in [0.3, 0.4) is 0 Å². The first kappa shape index (κ1) is 15.0. The first-order valence-electron chi connectivity index (χ1n) is 7.19. The zero-order valence-corrected chi connectivity index (χ0v) is 12.9. The Hall–Kier alpha value is -1.42. The average Bonchev–Trinajstić information content (AvgIpc) is 2.49. The highest BCUT2D eigenvalue weighted by atomic mass is 16.5. The molecule has 4 nitrogen and oxygen atoms in total. The van der Waals surface area contributed by atoms with Gasteiger partial charge in [-0.05, 0) is 37.9 Å². The van der Waals surface area contributed by atoms with Gasteiger partial charge < -0.3 is 14.2 Å². The summed E-state index contributed by atoms with van der Waals surface area (Å²) in [6.07, 6.45) is 2.55. The van der Waals surface area contributed by atoms with E-state index >= 15 is 0 Å². The maximum atomic E-state index is 5.49. The lowest BCUT2D eigenvalue weighted by Crippen LogP contribution is -2.32. The van der Waals surface area contributed by atoms with E-state index in [1.54, 1.807) is 21.3 Å². The van der Waals surface area contributed by atoms with Crippen LogP contribution in [0.15, 0.2) is 12.1 Å². The first-order chi connectivity index (χ1) is 9.67. The van der Waals surface area contributed by atoms with Crippen LogP contribution in [0.25, 0.3) is 0 Å². The largest absolute Gasteiger partial charge is 0.496 e. The van der Waals surface area contributed by atoms with E-state index in [-0.39, 0.29) is 0 Å². The van der Waals surface area contributed by atoms with E-state index in [1.165, 1.54) is 12.8 Å². The van der Waals surface area contributed by atoms with Crippen LogP contribution in [0.5, 0.6) is 17.2 Å². The second-order valence-electron chi connectivity index (χ2n) is 5.48. The molecule has 0 aromatic heterocycles. The number of hydrogen-bond donors (Lipinski definition) is 0. The van der Waals surface area contributed by atoms with Crippen LogP contribution in [0.4, 0.5) is 0 Å². The number of ether oxygens (including phenoxy) is 3. The lowest BCUT2D eigenvalue weighted by molar-refractivity contribution is 0.183. The minimum atomic E-state index is 0.709. The lowest BCUT2D eigenvalue weighted by atomic mass is 9.98. The number of rotatable bonds is 5. The molecular weight excluding hydrogens is 254 g/mol. The predicted octanol–water partition coefficient (Wildman–Crippen LogP) is 2.94. The molecule has 112 valence electrons. The summed E-state index contributed by atoms with van der Waals surface area (Å²) in [5, 5.41) is 0. The van der Waals surface area contributed by atoms with Crippen molar-refractivity contribution in [2.45, 2.75) is 26.3 Å². The monoisotopic (exact) mass is 279 g/mol. The van der Waals surface area contributed by atoms with Gasteiger partial charge in [-0.2, -0.15) is 0 Å². The molecular formula is C16H25NO3. The number of likely N-dealkylation sites (tertiary alicyclic amines) is 1. The molecule has 0 spiro atoms. The van der Waals surface area contributed by atoms with E-state index in [4.69, 9.17) is 14.2 Å². The summed E-state index contributed by atoms with van der Waals surface area (Å²) < 4.78 is 16.2. The second-order valence-corrected chi connectivity index (χ2v) is 5.48. The van der Waals surface area contributed by atoms with Crippen molar-refractivity contribution in [3.63, 3.8) is 0 Å². The van der Waals surface area contributed by atoms with Crippen LogP contribution in [0.1, 0.15) is 25.3 Å². The van der Waals surface area contributed by atoms with Crippen molar-refractivity contribution in [2.24, 2.45) is 5.92 Å². The van der Waals surface area contributed by atoms with E-state index in [0.29, 0.717) is 5.75 Å². The molecule has 20 heavy (non-hydrogen) atoms. The van der Waals surface area contributed by atoms with Gasteiger partial charge in [0, 0.05) is 18.2 Å². The Morgan fingerprint density at radius 1 is 0.950 bits per heavy atom. The van der Waals surface area contributed by atoms with Crippen molar-refractivity contribution >= 4 is 0 Å². The normalized spacial score (nSPS) is 17.0. The summed E-state index contributed by atoms with van der Waals surface area (Å²) in [6, 6.07) is 3.93. The highest BCUT2D eigenvalue weighted by Gasteiger charge is 2.19. The Morgan fingerprint density at radius 2 is 1.50 bits per heavy atom. The fraction of sp³-hybridized carbons (Fsp3) is 0.625. The number of piperidine rings is 1. The molecule has 0 N–H and O–H groups in total. The quantitative estimate of drug-likeness (QED) is 0.829. The van der Waals surface area contributed by atoms with Gasteiger partial charge in [0.15, 0.2) is 11.5 Å². The van der Waals surface area contributed by atoms with Crippen LogP contribution < -0.4 is 14.2 Å². The maximum absolute atomic E-state index is 5.49. The molecule has 1 aromatic carbocycles. The highest BCUT2D eigenvalue weighted by molar-refractivity contribution is 5.50. The molecule has 4 heteroatoms. The molecule has 1 heterocycles. The smallest absolute Gasteiger partial charge is 0.164 e. The van der Waals surface area contributed by atoms with Gasteiger partial charge in [0.25, 0.3) is 0 Å². The fourth-order valence-corrected chi connectivity index (χ4v) is 2.68. The molecule has 2 rings (SSSR count). The molecule has 0 unspecified atom stereocenters. The van der Waals surface area contributed by atoms with Crippen LogP contribution in [0.2, 0.25) is 0 Å². The van der Waals surface area contributed by atoms with E-state index < -0.39 is 0 Å². The first-order valence-corrected chi connectivity index (χ1v) is 7.19. The van der Waals surface area contributed by atoms with E-state index in [0.717, 1.165) is 42.6 Å². The molecule has 1 aliphatic rings. The zero-order chi connectivity index (χ0) is 14.5. The average molecular weight is 279 g/mol. The van der Waals surface area contributed by atoms with Gasteiger partial charge in [-0.25, -0.2) is 0 Å². The molecule has 1 fully saturated rings. The summed E-state index contributed by atoms with van der Waals surface area (Å²) in [4.78, 5) is 2.48. The number of nitrogens with zero attached hydrogens (tertiary/aromatic N) is 1. The third-order valence-electron chi connectivity index (χ3n) is 4.06. The van der Waals surface area contributed by atoms with Gasteiger partial charge in [0.1, 0.15) is 5.75 Å². The Bertz CT molecular complexity index is 440.